The lowest BCUT2D eigenvalue weighted by molar-refractivity contribution is 0.508. The van der Waals surface area contributed by atoms with Crippen LogP contribution in [-0.4, -0.2) is 14.6 Å². The third kappa shape index (κ3) is 3.85. The van der Waals surface area contributed by atoms with Gasteiger partial charge in [-0.3, -0.25) is 0 Å². The largest absolute Gasteiger partial charge is 0.276 e. The van der Waals surface area contributed by atoms with Gasteiger partial charge in [0.2, 0.25) is 0 Å². The lowest BCUT2D eigenvalue weighted by Gasteiger charge is -2.03. The molecule has 0 aromatic heterocycles. The molecule has 0 bridgehead atoms. The van der Waals surface area contributed by atoms with E-state index in [0.29, 0.717) is 0 Å². The van der Waals surface area contributed by atoms with Gasteiger partial charge in [-0.1, -0.05) is 23.8 Å². The van der Waals surface area contributed by atoms with Crippen LogP contribution in [0.15, 0.2) is 52.5 Å². The molecule has 0 heterocycles. The molecular formula is C14H12F2N2O2S. The van der Waals surface area contributed by atoms with Gasteiger partial charge in [-0.2, -0.15) is 13.5 Å². The SMILES string of the molecule is Cc1ccc(S(=O)(=O)N/N=C/c2ccc(F)c(F)c2)cc1. The fraction of sp³-hybridized carbons (Fsp3) is 0.0714. The van der Waals surface area contributed by atoms with Crippen LogP contribution in [0.2, 0.25) is 0 Å². The van der Waals surface area contributed by atoms with Crippen LogP contribution in [-0.2, 0) is 10.0 Å². The fourth-order valence-corrected chi connectivity index (χ4v) is 2.32. The molecule has 0 radical (unpaired) electrons. The van der Waals surface area contributed by atoms with Gasteiger partial charge in [0.05, 0.1) is 11.1 Å². The predicted molar refractivity (Wildman–Crippen MR) is 75.5 cm³/mol. The summed E-state index contributed by atoms with van der Waals surface area (Å²) in [6.45, 7) is 1.84. The summed E-state index contributed by atoms with van der Waals surface area (Å²) in [4.78, 5) is 2.07. The van der Waals surface area contributed by atoms with Crippen molar-refractivity contribution >= 4 is 16.2 Å². The van der Waals surface area contributed by atoms with Crippen LogP contribution in [0.5, 0.6) is 0 Å². The molecule has 0 aliphatic heterocycles. The zero-order valence-electron chi connectivity index (χ0n) is 11.0. The van der Waals surface area contributed by atoms with Crippen molar-refractivity contribution in [1.29, 1.82) is 0 Å². The number of hydrazone groups is 1. The van der Waals surface area contributed by atoms with E-state index in [4.69, 9.17) is 0 Å². The lowest BCUT2D eigenvalue weighted by atomic mass is 10.2. The molecule has 0 unspecified atom stereocenters. The lowest BCUT2D eigenvalue weighted by Crippen LogP contribution is -2.18. The average molecular weight is 310 g/mol. The second kappa shape index (κ2) is 6.01. The number of benzene rings is 2. The van der Waals surface area contributed by atoms with Gasteiger partial charge < -0.3 is 0 Å². The highest BCUT2D eigenvalue weighted by Gasteiger charge is 2.11. The summed E-state index contributed by atoms with van der Waals surface area (Å²) >= 11 is 0. The van der Waals surface area contributed by atoms with E-state index in [1.54, 1.807) is 12.1 Å². The van der Waals surface area contributed by atoms with Crippen molar-refractivity contribution in [3.63, 3.8) is 0 Å². The Labute approximate surface area is 121 Å². The van der Waals surface area contributed by atoms with Gasteiger partial charge >= 0.3 is 0 Å². The van der Waals surface area contributed by atoms with E-state index < -0.39 is 21.7 Å². The molecule has 0 saturated heterocycles. The smallest absolute Gasteiger partial charge is 0.204 e. The zero-order chi connectivity index (χ0) is 15.5. The number of sulfonamides is 1. The standard InChI is InChI=1S/C14H12F2N2O2S/c1-10-2-5-12(6-3-10)21(19,20)18-17-9-11-4-7-13(15)14(16)8-11/h2-9,18H,1H3/b17-9+. The van der Waals surface area contributed by atoms with Crippen LogP contribution in [0.4, 0.5) is 8.78 Å². The molecule has 2 aromatic carbocycles. The Hall–Kier alpha value is -2.28. The molecule has 1 N–H and O–H groups in total. The minimum Gasteiger partial charge on any atom is -0.204 e. The molecule has 0 atom stereocenters. The molecule has 0 spiro atoms. The van der Waals surface area contributed by atoms with E-state index in [1.165, 1.54) is 18.2 Å². The van der Waals surface area contributed by atoms with Gasteiger partial charge in [-0.15, -0.1) is 0 Å². The second-order valence-electron chi connectivity index (χ2n) is 4.34. The first kappa shape index (κ1) is 15.1. The molecule has 21 heavy (non-hydrogen) atoms. The topological polar surface area (TPSA) is 58.5 Å². The molecule has 7 heteroatoms. The molecule has 4 nitrogen and oxygen atoms in total. The number of hydrogen-bond donors (Lipinski definition) is 1. The van der Waals surface area contributed by atoms with E-state index in [1.807, 2.05) is 11.8 Å². The number of nitrogens with zero attached hydrogens (tertiary/aromatic N) is 1. The summed E-state index contributed by atoms with van der Waals surface area (Å²) < 4.78 is 49.5. The highest BCUT2D eigenvalue weighted by molar-refractivity contribution is 7.89. The Balaban J connectivity index is 2.12. The van der Waals surface area contributed by atoms with E-state index >= 15 is 0 Å². The summed E-state index contributed by atoms with van der Waals surface area (Å²) in [5, 5.41) is 3.53. The van der Waals surface area contributed by atoms with Crippen LogP contribution in [0.1, 0.15) is 11.1 Å². The summed E-state index contributed by atoms with van der Waals surface area (Å²) in [5.41, 5.74) is 1.17. The maximum Gasteiger partial charge on any atom is 0.276 e. The third-order valence-corrected chi connectivity index (χ3v) is 3.90. The van der Waals surface area contributed by atoms with Crippen molar-refractivity contribution in [3.8, 4) is 0 Å². The van der Waals surface area contributed by atoms with Gasteiger partial charge in [0.15, 0.2) is 11.6 Å². The molecular weight excluding hydrogens is 298 g/mol. The van der Waals surface area contributed by atoms with Crippen molar-refractivity contribution < 1.29 is 17.2 Å². The number of aryl methyl sites for hydroxylation is 1. The second-order valence-corrected chi connectivity index (χ2v) is 6.00. The Morgan fingerprint density at radius 1 is 1.05 bits per heavy atom. The first-order valence-electron chi connectivity index (χ1n) is 5.95. The van der Waals surface area contributed by atoms with Crippen LogP contribution in [0.3, 0.4) is 0 Å². The fourth-order valence-electron chi connectivity index (χ4n) is 1.53. The van der Waals surface area contributed by atoms with E-state index in [-0.39, 0.29) is 10.5 Å². The van der Waals surface area contributed by atoms with E-state index in [0.717, 1.165) is 23.9 Å². The van der Waals surface area contributed by atoms with Crippen molar-refractivity contribution in [2.24, 2.45) is 5.10 Å². The Morgan fingerprint density at radius 3 is 2.33 bits per heavy atom. The maximum atomic E-state index is 13.0. The molecule has 0 amide bonds. The van der Waals surface area contributed by atoms with Gasteiger partial charge in [0.1, 0.15) is 0 Å². The van der Waals surface area contributed by atoms with Crippen molar-refractivity contribution in [1.82, 2.24) is 4.83 Å². The number of halogens is 2. The molecule has 0 fully saturated rings. The summed E-state index contributed by atoms with van der Waals surface area (Å²) in [6.07, 6.45) is 1.09. The summed E-state index contributed by atoms with van der Waals surface area (Å²) in [7, 11) is -3.78. The quantitative estimate of drug-likeness (QED) is 0.697. The Morgan fingerprint density at radius 2 is 1.71 bits per heavy atom. The molecule has 110 valence electrons. The summed E-state index contributed by atoms with van der Waals surface area (Å²) in [5.74, 6) is -2.01. The number of rotatable bonds is 4. The minimum absolute atomic E-state index is 0.0653. The highest BCUT2D eigenvalue weighted by atomic mass is 32.2. The highest BCUT2D eigenvalue weighted by Crippen LogP contribution is 2.10. The maximum absolute atomic E-state index is 13.0. The minimum atomic E-state index is -3.78. The third-order valence-electron chi connectivity index (χ3n) is 2.66. The first-order chi connectivity index (χ1) is 9.88. The van der Waals surface area contributed by atoms with E-state index in [2.05, 4.69) is 5.10 Å². The van der Waals surface area contributed by atoms with Gasteiger partial charge in [-0.05, 0) is 36.8 Å². The van der Waals surface area contributed by atoms with Crippen LogP contribution >= 0.6 is 0 Å². The molecule has 0 saturated carbocycles. The first-order valence-corrected chi connectivity index (χ1v) is 7.43. The van der Waals surface area contributed by atoms with Crippen molar-refractivity contribution in [2.45, 2.75) is 11.8 Å². The number of hydrogen-bond acceptors (Lipinski definition) is 3. The normalized spacial score (nSPS) is 11.8. The van der Waals surface area contributed by atoms with Gasteiger partial charge in [0.25, 0.3) is 10.0 Å². The Kier molecular flexibility index (Phi) is 4.32. The van der Waals surface area contributed by atoms with Gasteiger partial charge in [-0.25, -0.2) is 13.6 Å². The van der Waals surface area contributed by atoms with Crippen LogP contribution < -0.4 is 4.83 Å². The molecule has 0 aliphatic rings. The predicted octanol–water partition coefficient (Wildman–Crippen LogP) is 2.59. The molecule has 2 rings (SSSR count). The monoisotopic (exact) mass is 310 g/mol. The van der Waals surface area contributed by atoms with Crippen molar-refractivity contribution in [2.75, 3.05) is 0 Å². The molecule has 0 aliphatic carbocycles. The molecule has 2 aromatic rings. The van der Waals surface area contributed by atoms with E-state index in [9.17, 15) is 17.2 Å². The van der Waals surface area contributed by atoms with Crippen LogP contribution in [0, 0.1) is 18.6 Å². The van der Waals surface area contributed by atoms with Gasteiger partial charge in [0, 0.05) is 0 Å². The number of nitrogens with one attached hydrogen (secondary N) is 1. The summed E-state index contributed by atoms with van der Waals surface area (Å²) in [6, 6.07) is 9.35. The van der Waals surface area contributed by atoms with Crippen molar-refractivity contribution in [3.05, 3.63) is 65.2 Å². The van der Waals surface area contributed by atoms with Crippen LogP contribution in [0.25, 0.3) is 0 Å². The Bertz CT molecular complexity index is 772. The zero-order valence-corrected chi connectivity index (χ0v) is 11.9. The average Bonchev–Trinajstić information content (AvgIpc) is 2.43.